The molecule has 0 aliphatic heterocycles. The number of hydrogen-bond acceptors (Lipinski definition) is 4. The van der Waals surface area contributed by atoms with Crippen LogP contribution in [0.15, 0.2) is 41.0 Å². The minimum atomic E-state index is 0.382. The Kier molecular flexibility index (Phi) is 4.25. The average Bonchev–Trinajstić information content (AvgIpc) is 2.86. The van der Waals surface area contributed by atoms with Crippen LogP contribution in [0, 0.1) is 0 Å². The minimum absolute atomic E-state index is 0.382. The zero-order valence-corrected chi connectivity index (χ0v) is 10.4. The van der Waals surface area contributed by atoms with Crippen LogP contribution in [0.3, 0.4) is 0 Å². The number of nitrogens with two attached hydrogens (primary N) is 1. The molecule has 2 rings (SSSR count). The van der Waals surface area contributed by atoms with Gasteiger partial charge in [0.25, 0.3) is 0 Å². The molecule has 0 unspecified atom stereocenters. The lowest BCUT2D eigenvalue weighted by atomic mass is 10.2. The van der Waals surface area contributed by atoms with Crippen molar-refractivity contribution in [2.24, 2.45) is 5.73 Å². The molecule has 2 aromatic rings. The molecule has 0 saturated heterocycles. The molecule has 1 aromatic carbocycles. The Morgan fingerprint density at radius 2 is 1.72 bits per heavy atom. The van der Waals surface area contributed by atoms with Gasteiger partial charge in [-0.05, 0) is 37.3 Å². The Labute approximate surface area is 106 Å². The number of hydrogen-bond donors (Lipinski definition) is 1. The quantitative estimate of drug-likeness (QED) is 0.852. The Bertz CT molecular complexity index is 476. The Morgan fingerprint density at radius 1 is 1.06 bits per heavy atom. The molecule has 0 fully saturated rings. The standard InChI is InChI=1S/C14H17NO3/c1-2-16-12-3-5-13(6-4-12)18-10-14-11(9-15)7-8-17-14/h3-8H,2,9-10,15H2,1H3. The molecule has 0 aliphatic rings. The van der Waals surface area contributed by atoms with Gasteiger partial charge in [0.05, 0.1) is 12.9 Å². The van der Waals surface area contributed by atoms with Gasteiger partial charge in [-0.25, -0.2) is 0 Å². The summed E-state index contributed by atoms with van der Waals surface area (Å²) in [5, 5.41) is 0. The van der Waals surface area contributed by atoms with Gasteiger partial charge in [-0.2, -0.15) is 0 Å². The van der Waals surface area contributed by atoms with Gasteiger partial charge in [0, 0.05) is 12.1 Å². The third-order valence-corrected chi connectivity index (χ3v) is 2.56. The minimum Gasteiger partial charge on any atom is -0.494 e. The van der Waals surface area contributed by atoms with Crippen LogP contribution in [0.2, 0.25) is 0 Å². The van der Waals surface area contributed by atoms with Crippen LogP contribution in [0.5, 0.6) is 11.5 Å². The van der Waals surface area contributed by atoms with Gasteiger partial charge < -0.3 is 19.6 Å². The molecule has 0 saturated carbocycles. The fourth-order valence-corrected chi connectivity index (χ4v) is 1.62. The van der Waals surface area contributed by atoms with E-state index in [2.05, 4.69) is 0 Å². The fourth-order valence-electron chi connectivity index (χ4n) is 1.62. The second-order valence-corrected chi connectivity index (χ2v) is 3.77. The Balaban J connectivity index is 1.94. The number of rotatable bonds is 6. The van der Waals surface area contributed by atoms with Crippen molar-refractivity contribution in [3.63, 3.8) is 0 Å². The maximum Gasteiger partial charge on any atom is 0.146 e. The molecule has 0 amide bonds. The van der Waals surface area contributed by atoms with Gasteiger partial charge >= 0.3 is 0 Å². The van der Waals surface area contributed by atoms with Crippen molar-refractivity contribution in [3.8, 4) is 11.5 Å². The SMILES string of the molecule is CCOc1ccc(OCc2occc2CN)cc1. The maximum atomic E-state index is 5.62. The van der Waals surface area contributed by atoms with Gasteiger partial charge in [0.1, 0.15) is 23.9 Å². The van der Waals surface area contributed by atoms with Crippen LogP contribution in [-0.4, -0.2) is 6.61 Å². The van der Waals surface area contributed by atoms with Crippen LogP contribution in [0.1, 0.15) is 18.2 Å². The summed E-state index contributed by atoms with van der Waals surface area (Å²) in [5.74, 6) is 2.38. The molecular formula is C14H17NO3. The first kappa shape index (κ1) is 12.5. The van der Waals surface area contributed by atoms with Crippen LogP contribution >= 0.6 is 0 Å². The van der Waals surface area contributed by atoms with E-state index in [-0.39, 0.29) is 0 Å². The molecule has 1 heterocycles. The predicted octanol–water partition coefficient (Wildman–Crippen LogP) is 2.72. The van der Waals surface area contributed by atoms with Crippen molar-refractivity contribution < 1.29 is 13.9 Å². The van der Waals surface area contributed by atoms with E-state index in [1.807, 2.05) is 37.3 Å². The monoisotopic (exact) mass is 247 g/mol. The van der Waals surface area contributed by atoms with E-state index >= 15 is 0 Å². The lowest BCUT2D eigenvalue weighted by Gasteiger charge is -2.07. The summed E-state index contributed by atoms with van der Waals surface area (Å²) >= 11 is 0. The van der Waals surface area contributed by atoms with E-state index in [0.717, 1.165) is 22.8 Å². The normalized spacial score (nSPS) is 10.3. The van der Waals surface area contributed by atoms with Gasteiger partial charge in [-0.1, -0.05) is 0 Å². The highest BCUT2D eigenvalue weighted by Crippen LogP contribution is 2.19. The highest BCUT2D eigenvalue weighted by Gasteiger charge is 2.05. The summed E-state index contributed by atoms with van der Waals surface area (Å²) in [6, 6.07) is 9.36. The number of furan rings is 1. The van der Waals surface area contributed by atoms with Gasteiger partial charge in [0.15, 0.2) is 0 Å². The van der Waals surface area contributed by atoms with Crippen molar-refractivity contribution >= 4 is 0 Å². The Hall–Kier alpha value is -1.94. The summed E-state index contributed by atoms with van der Waals surface area (Å²) in [7, 11) is 0. The lowest BCUT2D eigenvalue weighted by molar-refractivity contribution is 0.267. The highest BCUT2D eigenvalue weighted by atomic mass is 16.5. The molecule has 0 aliphatic carbocycles. The highest BCUT2D eigenvalue weighted by molar-refractivity contribution is 5.31. The predicted molar refractivity (Wildman–Crippen MR) is 68.5 cm³/mol. The lowest BCUT2D eigenvalue weighted by Crippen LogP contribution is -2.01. The molecule has 4 nitrogen and oxygen atoms in total. The van der Waals surface area contributed by atoms with Crippen LogP contribution in [0.4, 0.5) is 0 Å². The second kappa shape index (κ2) is 6.12. The summed E-state index contributed by atoms with van der Waals surface area (Å²) < 4.78 is 16.3. The van der Waals surface area contributed by atoms with E-state index in [1.165, 1.54) is 0 Å². The number of ether oxygens (including phenoxy) is 2. The molecule has 4 heteroatoms. The largest absolute Gasteiger partial charge is 0.494 e. The third-order valence-electron chi connectivity index (χ3n) is 2.56. The maximum absolute atomic E-state index is 5.62. The zero-order valence-electron chi connectivity index (χ0n) is 10.4. The first-order valence-electron chi connectivity index (χ1n) is 5.94. The topological polar surface area (TPSA) is 57.6 Å². The van der Waals surface area contributed by atoms with E-state index in [0.29, 0.717) is 19.8 Å². The van der Waals surface area contributed by atoms with Crippen molar-refractivity contribution in [2.45, 2.75) is 20.1 Å². The number of benzene rings is 1. The second-order valence-electron chi connectivity index (χ2n) is 3.77. The average molecular weight is 247 g/mol. The summed E-state index contributed by atoms with van der Waals surface area (Å²) in [6.07, 6.45) is 1.62. The van der Waals surface area contributed by atoms with Crippen LogP contribution in [0.25, 0.3) is 0 Å². The molecular weight excluding hydrogens is 230 g/mol. The van der Waals surface area contributed by atoms with Gasteiger partial charge in [0.2, 0.25) is 0 Å². The first-order valence-corrected chi connectivity index (χ1v) is 5.94. The smallest absolute Gasteiger partial charge is 0.146 e. The van der Waals surface area contributed by atoms with Crippen molar-refractivity contribution in [1.29, 1.82) is 0 Å². The van der Waals surface area contributed by atoms with E-state index in [1.54, 1.807) is 6.26 Å². The van der Waals surface area contributed by atoms with E-state index in [4.69, 9.17) is 19.6 Å². The molecule has 1 aromatic heterocycles. The summed E-state index contributed by atoms with van der Waals surface area (Å²) in [5.41, 5.74) is 6.56. The van der Waals surface area contributed by atoms with Crippen molar-refractivity contribution in [1.82, 2.24) is 0 Å². The van der Waals surface area contributed by atoms with E-state index in [9.17, 15) is 0 Å². The first-order chi connectivity index (χ1) is 8.83. The molecule has 18 heavy (non-hydrogen) atoms. The van der Waals surface area contributed by atoms with Crippen molar-refractivity contribution in [2.75, 3.05) is 6.61 Å². The van der Waals surface area contributed by atoms with Crippen LogP contribution in [-0.2, 0) is 13.2 Å². The third kappa shape index (κ3) is 3.05. The summed E-state index contributed by atoms with van der Waals surface area (Å²) in [6.45, 7) is 3.45. The fraction of sp³-hybridized carbons (Fsp3) is 0.286. The molecule has 96 valence electrons. The van der Waals surface area contributed by atoms with Crippen molar-refractivity contribution in [3.05, 3.63) is 47.9 Å². The zero-order chi connectivity index (χ0) is 12.8. The van der Waals surface area contributed by atoms with Crippen LogP contribution < -0.4 is 15.2 Å². The van der Waals surface area contributed by atoms with Gasteiger partial charge in [-0.15, -0.1) is 0 Å². The molecule has 0 atom stereocenters. The molecule has 2 N–H and O–H groups in total. The Morgan fingerprint density at radius 3 is 2.33 bits per heavy atom. The summed E-state index contributed by atoms with van der Waals surface area (Å²) in [4.78, 5) is 0. The molecule has 0 bridgehead atoms. The van der Waals surface area contributed by atoms with E-state index < -0.39 is 0 Å². The molecule has 0 spiro atoms. The molecule has 0 radical (unpaired) electrons. The van der Waals surface area contributed by atoms with Gasteiger partial charge in [-0.3, -0.25) is 0 Å².